The van der Waals surface area contributed by atoms with Crippen molar-refractivity contribution in [1.29, 1.82) is 0 Å². The summed E-state index contributed by atoms with van der Waals surface area (Å²) in [6, 6.07) is 19.3. The van der Waals surface area contributed by atoms with Gasteiger partial charge in [-0.3, -0.25) is 9.69 Å². The lowest BCUT2D eigenvalue weighted by molar-refractivity contribution is -0.116. The van der Waals surface area contributed by atoms with Crippen molar-refractivity contribution in [3.8, 4) is 0 Å². The van der Waals surface area contributed by atoms with Crippen molar-refractivity contribution in [1.82, 2.24) is 10.2 Å². The second-order valence-corrected chi connectivity index (χ2v) is 7.38. The summed E-state index contributed by atoms with van der Waals surface area (Å²) >= 11 is 0. The van der Waals surface area contributed by atoms with E-state index in [2.05, 4.69) is 34.5 Å². The lowest BCUT2D eigenvalue weighted by Gasteiger charge is -2.43. The fourth-order valence-corrected chi connectivity index (χ4v) is 4.25. The monoisotopic (exact) mass is 346 g/mol. The SMILES string of the molecule is O=C(/C=C/c1ccccc1)NCC1CCN2CCc3ccccc3C2C1. The van der Waals surface area contributed by atoms with Gasteiger partial charge in [0.15, 0.2) is 0 Å². The molecule has 134 valence electrons. The molecule has 2 aliphatic heterocycles. The molecule has 2 heterocycles. The fraction of sp³-hybridized carbons (Fsp3) is 0.348. The largest absolute Gasteiger partial charge is 0.352 e. The maximum Gasteiger partial charge on any atom is 0.244 e. The highest BCUT2D eigenvalue weighted by molar-refractivity contribution is 5.91. The average molecular weight is 346 g/mol. The normalized spacial score (nSPS) is 22.6. The molecule has 0 bridgehead atoms. The Morgan fingerprint density at radius 2 is 1.88 bits per heavy atom. The number of nitrogens with one attached hydrogen (secondary N) is 1. The predicted octanol–water partition coefficient (Wildman–Crippen LogP) is 3.83. The van der Waals surface area contributed by atoms with Crippen LogP contribution < -0.4 is 5.32 Å². The molecule has 1 fully saturated rings. The van der Waals surface area contributed by atoms with Gasteiger partial charge in [0.2, 0.25) is 5.91 Å². The third kappa shape index (κ3) is 3.88. The maximum atomic E-state index is 12.1. The molecular formula is C23H26N2O. The maximum absolute atomic E-state index is 12.1. The molecule has 2 aliphatic rings. The number of carbonyl (C=O) groups excluding carboxylic acids is 1. The van der Waals surface area contributed by atoms with Crippen molar-refractivity contribution in [3.63, 3.8) is 0 Å². The molecule has 1 N–H and O–H groups in total. The molecule has 3 heteroatoms. The molecule has 0 aromatic heterocycles. The standard InChI is InChI=1S/C23H26N2O/c26-23(11-10-18-6-2-1-3-7-18)24-17-19-12-14-25-15-13-20-8-4-5-9-21(20)22(25)16-19/h1-11,19,22H,12-17H2,(H,24,26)/b11-10+. The second kappa shape index (κ2) is 7.88. The Kier molecular flexibility index (Phi) is 5.16. The van der Waals surface area contributed by atoms with Gasteiger partial charge in [-0.25, -0.2) is 0 Å². The molecule has 2 aromatic carbocycles. The van der Waals surface area contributed by atoms with Gasteiger partial charge in [-0.05, 0) is 54.5 Å². The van der Waals surface area contributed by atoms with Gasteiger partial charge in [0, 0.05) is 25.2 Å². The van der Waals surface area contributed by atoms with Gasteiger partial charge in [0.1, 0.15) is 0 Å². The topological polar surface area (TPSA) is 32.3 Å². The first kappa shape index (κ1) is 17.0. The zero-order chi connectivity index (χ0) is 17.8. The van der Waals surface area contributed by atoms with E-state index < -0.39 is 0 Å². The van der Waals surface area contributed by atoms with E-state index in [-0.39, 0.29) is 5.91 Å². The van der Waals surface area contributed by atoms with Crippen molar-refractivity contribution in [2.45, 2.75) is 25.3 Å². The predicted molar refractivity (Wildman–Crippen MR) is 106 cm³/mol. The molecule has 0 radical (unpaired) electrons. The smallest absolute Gasteiger partial charge is 0.244 e. The van der Waals surface area contributed by atoms with Crippen LogP contribution in [0.5, 0.6) is 0 Å². The minimum absolute atomic E-state index is 0.000303. The van der Waals surface area contributed by atoms with Crippen LogP contribution in [0.4, 0.5) is 0 Å². The third-order valence-corrected chi connectivity index (χ3v) is 5.70. The summed E-state index contributed by atoms with van der Waals surface area (Å²) in [7, 11) is 0. The Labute approximate surface area is 155 Å². The van der Waals surface area contributed by atoms with Crippen molar-refractivity contribution < 1.29 is 4.79 Å². The molecule has 0 aliphatic carbocycles. The number of piperidine rings is 1. The Morgan fingerprint density at radius 3 is 2.77 bits per heavy atom. The van der Waals surface area contributed by atoms with Crippen LogP contribution in [-0.4, -0.2) is 30.4 Å². The fourth-order valence-electron chi connectivity index (χ4n) is 4.25. The number of benzene rings is 2. The van der Waals surface area contributed by atoms with Crippen LogP contribution >= 0.6 is 0 Å². The van der Waals surface area contributed by atoms with Gasteiger partial charge in [0.05, 0.1) is 0 Å². The first-order valence-corrected chi connectivity index (χ1v) is 9.62. The highest BCUT2D eigenvalue weighted by Gasteiger charge is 2.33. The lowest BCUT2D eigenvalue weighted by atomic mass is 9.82. The van der Waals surface area contributed by atoms with Crippen molar-refractivity contribution in [2.24, 2.45) is 5.92 Å². The molecule has 1 amide bonds. The van der Waals surface area contributed by atoms with Crippen molar-refractivity contribution >= 4 is 12.0 Å². The number of amides is 1. The van der Waals surface area contributed by atoms with E-state index in [0.29, 0.717) is 12.0 Å². The highest BCUT2D eigenvalue weighted by Crippen LogP contribution is 2.38. The van der Waals surface area contributed by atoms with Gasteiger partial charge in [-0.2, -0.15) is 0 Å². The number of nitrogens with zero attached hydrogens (tertiary/aromatic N) is 1. The number of fused-ring (bicyclic) bond motifs is 3. The van der Waals surface area contributed by atoms with Crippen LogP contribution in [-0.2, 0) is 11.2 Å². The zero-order valence-corrected chi connectivity index (χ0v) is 15.1. The van der Waals surface area contributed by atoms with Crippen LogP contribution in [0.3, 0.4) is 0 Å². The summed E-state index contributed by atoms with van der Waals surface area (Å²) < 4.78 is 0. The van der Waals surface area contributed by atoms with Crippen molar-refractivity contribution in [2.75, 3.05) is 19.6 Å². The second-order valence-electron chi connectivity index (χ2n) is 7.38. The van der Waals surface area contributed by atoms with E-state index in [4.69, 9.17) is 0 Å². The van der Waals surface area contributed by atoms with Gasteiger partial charge in [-0.1, -0.05) is 54.6 Å². The first-order valence-electron chi connectivity index (χ1n) is 9.62. The van der Waals surface area contributed by atoms with Crippen molar-refractivity contribution in [3.05, 3.63) is 77.4 Å². The molecule has 4 rings (SSSR count). The van der Waals surface area contributed by atoms with Crippen LogP contribution in [0.2, 0.25) is 0 Å². The molecule has 2 aromatic rings. The summed E-state index contributed by atoms with van der Waals surface area (Å²) in [5.41, 5.74) is 4.05. The third-order valence-electron chi connectivity index (χ3n) is 5.70. The zero-order valence-electron chi connectivity index (χ0n) is 15.1. The minimum Gasteiger partial charge on any atom is -0.352 e. The molecule has 3 nitrogen and oxygen atoms in total. The number of hydrogen-bond acceptors (Lipinski definition) is 2. The Bertz CT molecular complexity index is 784. The summed E-state index contributed by atoms with van der Waals surface area (Å²) in [6.45, 7) is 3.07. The molecule has 2 atom stereocenters. The average Bonchev–Trinajstić information content (AvgIpc) is 2.71. The summed E-state index contributed by atoms with van der Waals surface area (Å²) in [5.74, 6) is 0.553. The molecular weight excluding hydrogens is 320 g/mol. The van der Waals surface area contributed by atoms with E-state index >= 15 is 0 Å². The van der Waals surface area contributed by atoms with Crippen LogP contribution in [0, 0.1) is 5.92 Å². The van der Waals surface area contributed by atoms with Gasteiger partial charge in [0.25, 0.3) is 0 Å². The van der Waals surface area contributed by atoms with Gasteiger partial charge in [-0.15, -0.1) is 0 Å². The Morgan fingerprint density at radius 1 is 1.08 bits per heavy atom. The Balaban J connectivity index is 1.33. The molecule has 1 saturated heterocycles. The van der Waals surface area contributed by atoms with E-state index in [9.17, 15) is 4.79 Å². The molecule has 0 spiro atoms. The highest BCUT2D eigenvalue weighted by atomic mass is 16.1. The van der Waals surface area contributed by atoms with E-state index in [0.717, 1.165) is 25.1 Å². The van der Waals surface area contributed by atoms with Crippen LogP contribution in [0.15, 0.2) is 60.7 Å². The number of rotatable bonds is 4. The van der Waals surface area contributed by atoms with E-state index in [1.165, 1.54) is 30.5 Å². The molecule has 26 heavy (non-hydrogen) atoms. The molecule has 0 saturated carbocycles. The van der Waals surface area contributed by atoms with E-state index in [1.807, 2.05) is 36.4 Å². The van der Waals surface area contributed by atoms with Crippen LogP contribution in [0.1, 0.15) is 35.6 Å². The lowest BCUT2D eigenvalue weighted by Crippen LogP contribution is -2.43. The minimum atomic E-state index is 0.000303. The van der Waals surface area contributed by atoms with Gasteiger partial charge < -0.3 is 5.32 Å². The number of hydrogen-bond donors (Lipinski definition) is 1. The van der Waals surface area contributed by atoms with Gasteiger partial charge >= 0.3 is 0 Å². The molecule has 2 unspecified atom stereocenters. The first-order chi connectivity index (χ1) is 12.8. The Hall–Kier alpha value is -2.39. The van der Waals surface area contributed by atoms with Crippen LogP contribution in [0.25, 0.3) is 6.08 Å². The van der Waals surface area contributed by atoms with E-state index in [1.54, 1.807) is 6.08 Å². The summed E-state index contributed by atoms with van der Waals surface area (Å²) in [4.78, 5) is 14.8. The number of carbonyl (C=O) groups is 1. The quantitative estimate of drug-likeness (QED) is 0.854. The summed E-state index contributed by atoms with van der Waals surface area (Å²) in [6.07, 6.45) is 6.98. The summed E-state index contributed by atoms with van der Waals surface area (Å²) in [5, 5.41) is 3.10.